The van der Waals surface area contributed by atoms with Crippen molar-refractivity contribution >= 4 is 44.9 Å². The van der Waals surface area contributed by atoms with Crippen molar-refractivity contribution in [1.82, 2.24) is 4.90 Å². The highest BCUT2D eigenvalue weighted by Gasteiger charge is 1.97. The van der Waals surface area contributed by atoms with Gasteiger partial charge < -0.3 is 4.90 Å². The summed E-state index contributed by atoms with van der Waals surface area (Å²) in [5, 5.41) is 8.98. The summed E-state index contributed by atoms with van der Waals surface area (Å²) in [4.78, 5) is 6.08. The first kappa shape index (κ1) is 15.9. The third-order valence-corrected chi connectivity index (χ3v) is 3.21. The number of hydrogen-bond acceptors (Lipinski definition) is 3. The third kappa shape index (κ3) is 6.02. The van der Waals surface area contributed by atoms with Crippen molar-refractivity contribution in [3.8, 4) is 0 Å². The second-order valence-electron chi connectivity index (χ2n) is 3.99. The Hall–Kier alpha value is -1.14. The van der Waals surface area contributed by atoms with Gasteiger partial charge in [0, 0.05) is 18.6 Å². The number of thioether (sulfide) groups is 1. The summed E-state index contributed by atoms with van der Waals surface area (Å²) in [5.41, 5.74) is 1.91. The zero-order valence-electron chi connectivity index (χ0n) is 11.5. The average molecular weight is 341 g/mol. The van der Waals surface area contributed by atoms with Crippen LogP contribution in [0.2, 0.25) is 0 Å². The Morgan fingerprint density at radius 1 is 1.21 bits per heavy atom. The number of aliphatic imine (C=N–C) groups is 1. The van der Waals surface area contributed by atoms with Crippen molar-refractivity contribution in [2.45, 2.75) is 6.92 Å². The molecule has 0 amide bonds. The minimum absolute atomic E-state index is 0.630. The predicted molar refractivity (Wildman–Crippen MR) is 89.5 cm³/mol. The molecule has 19 heavy (non-hydrogen) atoms. The molecule has 0 atom stereocenters. The fraction of sp³-hybridized carbons (Fsp3) is 0.308. The van der Waals surface area contributed by atoms with Crippen molar-refractivity contribution in [1.29, 1.82) is 0 Å². The normalized spacial score (nSPS) is 13.1. The molecule has 0 aliphatic carbocycles. The zero-order chi connectivity index (χ0) is 14.3. The van der Waals surface area contributed by atoms with Crippen LogP contribution >= 0.6 is 27.7 Å². The van der Waals surface area contributed by atoms with Crippen LogP contribution in [-0.4, -0.2) is 42.5 Å². The lowest BCUT2D eigenvalue weighted by atomic mass is 10.1. The van der Waals surface area contributed by atoms with E-state index in [2.05, 4.69) is 31.1 Å². The molecule has 1 aromatic carbocycles. The van der Waals surface area contributed by atoms with E-state index in [1.165, 1.54) is 11.8 Å². The van der Waals surface area contributed by atoms with Crippen LogP contribution < -0.4 is 0 Å². The molecule has 0 fully saturated rings. The second kappa shape index (κ2) is 8.12. The topological polar surface area (TPSA) is 40.3 Å². The van der Waals surface area contributed by atoms with E-state index in [9.17, 15) is 0 Å². The van der Waals surface area contributed by atoms with Gasteiger partial charge in [-0.1, -0.05) is 39.8 Å². The molecule has 4 nitrogen and oxygen atoms in total. The second-order valence-corrected chi connectivity index (χ2v) is 5.68. The molecule has 0 spiro atoms. The van der Waals surface area contributed by atoms with E-state index < -0.39 is 0 Å². The summed E-state index contributed by atoms with van der Waals surface area (Å²) >= 11 is 4.87. The van der Waals surface area contributed by atoms with Gasteiger partial charge in [-0.25, -0.2) is 4.99 Å². The van der Waals surface area contributed by atoms with E-state index in [0.29, 0.717) is 5.17 Å². The van der Waals surface area contributed by atoms with E-state index in [4.69, 9.17) is 0 Å². The Balaban J connectivity index is 2.85. The predicted octanol–water partition coefficient (Wildman–Crippen LogP) is 3.48. The van der Waals surface area contributed by atoms with Gasteiger partial charge in [-0.2, -0.15) is 5.10 Å². The van der Waals surface area contributed by atoms with E-state index in [1.54, 1.807) is 6.34 Å². The van der Waals surface area contributed by atoms with Crippen LogP contribution in [0.5, 0.6) is 0 Å². The number of nitrogens with zero attached hydrogens (tertiary/aromatic N) is 4. The molecule has 0 saturated heterocycles. The summed E-state index contributed by atoms with van der Waals surface area (Å²) in [6.45, 7) is 1.93. The molecule has 1 rings (SSSR count). The molecule has 0 aliphatic rings. The highest BCUT2D eigenvalue weighted by Crippen LogP contribution is 2.11. The van der Waals surface area contributed by atoms with Gasteiger partial charge in [-0.05, 0) is 30.9 Å². The van der Waals surface area contributed by atoms with E-state index >= 15 is 0 Å². The van der Waals surface area contributed by atoms with Crippen LogP contribution in [0.4, 0.5) is 0 Å². The average Bonchev–Trinajstić information content (AvgIpc) is 2.39. The minimum Gasteiger partial charge on any atom is -0.369 e. The van der Waals surface area contributed by atoms with Crippen molar-refractivity contribution in [2.75, 3.05) is 20.4 Å². The first-order chi connectivity index (χ1) is 9.02. The molecule has 0 aromatic heterocycles. The molecule has 0 heterocycles. The van der Waals surface area contributed by atoms with Gasteiger partial charge in [0.2, 0.25) is 5.17 Å². The van der Waals surface area contributed by atoms with Crippen LogP contribution in [0.25, 0.3) is 0 Å². The van der Waals surface area contributed by atoms with E-state index in [0.717, 1.165) is 15.7 Å². The summed E-state index contributed by atoms with van der Waals surface area (Å²) in [7, 11) is 3.83. The molecule has 0 unspecified atom stereocenters. The number of halogens is 1. The van der Waals surface area contributed by atoms with Crippen LogP contribution in [0, 0.1) is 0 Å². The summed E-state index contributed by atoms with van der Waals surface area (Å²) in [5.74, 6) is 0. The molecule has 1 aromatic rings. The maximum absolute atomic E-state index is 4.22. The van der Waals surface area contributed by atoms with Gasteiger partial charge in [0.15, 0.2) is 0 Å². The van der Waals surface area contributed by atoms with Gasteiger partial charge in [-0.3, -0.25) is 0 Å². The molecule has 0 N–H and O–H groups in total. The van der Waals surface area contributed by atoms with Crippen molar-refractivity contribution in [3.63, 3.8) is 0 Å². The van der Waals surface area contributed by atoms with Crippen LogP contribution in [0.1, 0.15) is 12.5 Å². The maximum Gasteiger partial charge on any atom is 0.210 e. The van der Waals surface area contributed by atoms with E-state index in [-0.39, 0.29) is 0 Å². The van der Waals surface area contributed by atoms with Gasteiger partial charge in [0.05, 0.1) is 12.1 Å². The summed E-state index contributed by atoms with van der Waals surface area (Å²) in [6.07, 6.45) is 3.64. The number of amidine groups is 1. The fourth-order valence-corrected chi connectivity index (χ4v) is 1.69. The smallest absolute Gasteiger partial charge is 0.210 e. The number of hydrogen-bond donors (Lipinski definition) is 0. The Morgan fingerprint density at radius 2 is 1.84 bits per heavy atom. The minimum atomic E-state index is 0.630. The van der Waals surface area contributed by atoms with Crippen LogP contribution in [0.3, 0.4) is 0 Å². The van der Waals surface area contributed by atoms with Gasteiger partial charge in [-0.15, -0.1) is 5.10 Å². The number of benzene rings is 1. The molecule has 102 valence electrons. The molecular formula is C13H17BrN4S. The third-order valence-electron chi connectivity index (χ3n) is 2.13. The first-order valence-corrected chi connectivity index (χ1v) is 7.67. The van der Waals surface area contributed by atoms with Gasteiger partial charge in [0.25, 0.3) is 0 Å². The van der Waals surface area contributed by atoms with Gasteiger partial charge in [0.1, 0.15) is 0 Å². The summed E-state index contributed by atoms with van der Waals surface area (Å²) < 4.78 is 1.05. The Morgan fingerprint density at radius 3 is 2.37 bits per heavy atom. The fourth-order valence-electron chi connectivity index (χ4n) is 1.15. The Bertz CT molecular complexity index is 492. The van der Waals surface area contributed by atoms with Crippen LogP contribution in [-0.2, 0) is 0 Å². The van der Waals surface area contributed by atoms with Crippen molar-refractivity contribution < 1.29 is 0 Å². The number of rotatable bonds is 3. The first-order valence-electron chi connectivity index (χ1n) is 5.65. The lowest BCUT2D eigenvalue weighted by molar-refractivity contribution is 0.644. The quantitative estimate of drug-likeness (QED) is 0.480. The Labute approximate surface area is 126 Å². The maximum atomic E-state index is 4.22. The standard InChI is InChI=1S/C13H17BrN4S/c1-10(11-5-7-12(14)8-6-11)16-17-13(19-4)15-9-18(2)3/h5-9H,1-4H3/b15-9?,16-10+,17-13-. The monoisotopic (exact) mass is 340 g/mol. The van der Waals surface area contributed by atoms with Crippen molar-refractivity contribution in [3.05, 3.63) is 34.3 Å². The lowest BCUT2D eigenvalue weighted by Crippen LogP contribution is -2.08. The molecular weight excluding hydrogens is 324 g/mol. The zero-order valence-corrected chi connectivity index (χ0v) is 13.9. The van der Waals surface area contributed by atoms with E-state index in [1.807, 2.05) is 56.4 Å². The molecule has 6 heteroatoms. The van der Waals surface area contributed by atoms with Crippen LogP contribution in [0.15, 0.2) is 43.9 Å². The largest absolute Gasteiger partial charge is 0.369 e. The molecule has 0 saturated carbocycles. The highest BCUT2D eigenvalue weighted by atomic mass is 79.9. The Kier molecular flexibility index (Phi) is 6.80. The summed E-state index contributed by atoms with van der Waals surface area (Å²) in [6, 6.07) is 7.97. The van der Waals surface area contributed by atoms with Gasteiger partial charge >= 0.3 is 0 Å². The lowest BCUT2D eigenvalue weighted by Gasteiger charge is -2.02. The molecule has 0 radical (unpaired) electrons. The molecule has 0 bridgehead atoms. The molecule has 0 aliphatic heterocycles. The highest BCUT2D eigenvalue weighted by molar-refractivity contribution is 9.10. The SMILES string of the molecule is CS/C(N=CN(C)C)=N\N=C(/C)c1ccc(Br)cc1. The van der Waals surface area contributed by atoms with Crippen molar-refractivity contribution in [2.24, 2.45) is 15.2 Å².